The first kappa shape index (κ1) is 10.8. The summed E-state index contributed by atoms with van der Waals surface area (Å²) in [7, 11) is 0. The Morgan fingerprint density at radius 2 is 2.00 bits per heavy atom. The zero-order chi connectivity index (χ0) is 10.4. The lowest BCUT2D eigenvalue weighted by Gasteiger charge is -2.02. The highest BCUT2D eigenvalue weighted by Gasteiger charge is 1.99. The predicted molar refractivity (Wildman–Crippen MR) is 56.3 cm³/mol. The van der Waals surface area contributed by atoms with Crippen LogP contribution in [0.15, 0.2) is 24.3 Å². The van der Waals surface area contributed by atoms with Gasteiger partial charge in [-0.2, -0.15) is 0 Å². The first-order valence-corrected chi connectivity index (χ1v) is 4.96. The van der Waals surface area contributed by atoms with Crippen LogP contribution in [0.4, 0.5) is 0 Å². The standard InChI is InChI=1S/C12H16O2/c1-10(13)6-2-3-7-11-8-4-5-9-12(11)14/h4-5,8-9,14H,2-3,6-7H2,1H3. The third-order valence-corrected chi connectivity index (χ3v) is 2.22. The normalized spacial score (nSPS) is 10.1. The number of benzene rings is 1. The smallest absolute Gasteiger partial charge is 0.129 e. The summed E-state index contributed by atoms with van der Waals surface area (Å²) in [5, 5.41) is 9.45. The van der Waals surface area contributed by atoms with Gasteiger partial charge in [0.2, 0.25) is 0 Å². The number of unbranched alkanes of at least 4 members (excludes halogenated alkanes) is 1. The number of rotatable bonds is 5. The van der Waals surface area contributed by atoms with E-state index in [2.05, 4.69) is 0 Å². The van der Waals surface area contributed by atoms with Gasteiger partial charge in [0.15, 0.2) is 0 Å². The quantitative estimate of drug-likeness (QED) is 0.728. The molecule has 0 aliphatic carbocycles. The van der Waals surface area contributed by atoms with Gasteiger partial charge in [-0.05, 0) is 37.8 Å². The van der Waals surface area contributed by atoms with Gasteiger partial charge in [-0.1, -0.05) is 18.2 Å². The maximum Gasteiger partial charge on any atom is 0.129 e. The van der Waals surface area contributed by atoms with Gasteiger partial charge in [0.25, 0.3) is 0 Å². The van der Waals surface area contributed by atoms with Crippen LogP contribution in [-0.2, 0) is 11.2 Å². The van der Waals surface area contributed by atoms with Crippen molar-refractivity contribution in [1.82, 2.24) is 0 Å². The molecule has 0 heterocycles. The molecule has 0 radical (unpaired) electrons. The Hall–Kier alpha value is -1.31. The van der Waals surface area contributed by atoms with Gasteiger partial charge < -0.3 is 9.90 Å². The predicted octanol–water partition coefficient (Wildman–Crippen LogP) is 2.69. The van der Waals surface area contributed by atoms with Crippen LogP contribution < -0.4 is 0 Å². The molecule has 2 nitrogen and oxygen atoms in total. The van der Waals surface area contributed by atoms with Gasteiger partial charge in [0, 0.05) is 6.42 Å². The van der Waals surface area contributed by atoms with Crippen LogP contribution in [0.1, 0.15) is 31.7 Å². The lowest BCUT2D eigenvalue weighted by molar-refractivity contribution is -0.117. The SMILES string of the molecule is CC(=O)CCCCc1ccccc1O. The van der Waals surface area contributed by atoms with Crippen molar-refractivity contribution < 1.29 is 9.90 Å². The molecule has 0 atom stereocenters. The molecule has 0 saturated carbocycles. The molecule has 0 bridgehead atoms. The summed E-state index contributed by atoms with van der Waals surface area (Å²) in [6.07, 6.45) is 3.36. The maximum atomic E-state index is 10.7. The zero-order valence-electron chi connectivity index (χ0n) is 8.49. The summed E-state index contributed by atoms with van der Waals surface area (Å²) >= 11 is 0. The summed E-state index contributed by atoms with van der Waals surface area (Å²) in [6.45, 7) is 1.61. The summed E-state index contributed by atoms with van der Waals surface area (Å²) in [5.74, 6) is 0.595. The van der Waals surface area contributed by atoms with E-state index in [0.29, 0.717) is 12.2 Å². The van der Waals surface area contributed by atoms with Gasteiger partial charge in [-0.3, -0.25) is 0 Å². The van der Waals surface area contributed by atoms with Crippen molar-refractivity contribution in [3.8, 4) is 5.75 Å². The van der Waals surface area contributed by atoms with Crippen LogP contribution in [0.5, 0.6) is 5.75 Å². The Bertz CT molecular complexity index is 305. The van der Waals surface area contributed by atoms with Crippen LogP contribution in [0.2, 0.25) is 0 Å². The number of hydrogen-bond donors (Lipinski definition) is 1. The monoisotopic (exact) mass is 192 g/mol. The highest BCUT2D eigenvalue weighted by Crippen LogP contribution is 2.18. The van der Waals surface area contributed by atoms with Crippen molar-refractivity contribution in [2.75, 3.05) is 0 Å². The van der Waals surface area contributed by atoms with Crippen molar-refractivity contribution in [3.63, 3.8) is 0 Å². The number of Topliss-reactive ketones (excluding diaryl/α,β-unsaturated/α-hetero) is 1. The molecule has 0 fully saturated rings. The minimum Gasteiger partial charge on any atom is -0.508 e. The van der Waals surface area contributed by atoms with Crippen molar-refractivity contribution in [3.05, 3.63) is 29.8 Å². The van der Waals surface area contributed by atoms with Crippen LogP contribution in [0.25, 0.3) is 0 Å². The van der Waals surface area contributed by atoms with Gasteiger partial charge >= 0.3 is 0 Å². The Balaban J connectivity index is 2.31. The highest BCUT2D eigenvalue weighted by molar-refractivity contribution is 5.75. The molecule has 14 heavy (non-hydrogen) atoms. The average molecular weight is 192 g/mol. The third-order valence-electron chi connectivity index (χ3n) is 2.22. The van der Waals surface area contributed by atoms with Gasteiger partial charge in [-0.15, -0.1) is 0 Å². The Kier molecular flexibility index (Phi) is 4.17. The fourth-order valence-corrected chi connectivity index (χ4v) is 1.41. The number of phenolic OH excluding ortho intramolecular Hbond substituents is 1. The molecular formula is C12H16O2. The Morgan fingerprint density at radius 3 is 2.64 bits per heavy atom. The van der Waals surface area contributed by atoms with Gasteiger partial charge in [-0.25, -0.2) is 0 Å². The molecule has 1 rings (SSSR count). The van der Waals surface area contributed by atoms with Crippen LogP contribution in [0, 0.1) is 0 Å². The number of aryl methyl sites for hydroxylation is 1. The second-order valence-corrected chi connectivity index (χ2v) is 3.54. The molecule has 0 unspecified atom stereocenters. The van der Waals surface area contributed by atoms with E-state index in [1.54, 1.807) is 13.0 Å². The second-order valence-electron chi connectivity index (χ2n) is 3.54. The Labute approximate surface area is 84.6 Å². The Morgan fingerprint density at radius 1 is 1.29 bits per heavy atom. The number of ketones is 1. The van der Waals surface area contributed by atoms with E-state index in [1.807, 2.05) is 18.2 Å². The van der Waals surface area contributed by atoms with Crippen molar-refractivity contribution in [1.29, 1.82) is 0 Å². The first-order chi connectivity index (χ1) is 6.70. The van der Waals surface area contributed by atoms with Crippen molar-refractivity contribution in [2.45, 2.75) is 32.6 Å². The summed E-state index contributed by atoms with van der Waals surface area (Å²) in [6, 6.07) is 7.35. The van der Waals surface area contributed by atoms with Crippen molar-refractivity contribution >= 4 is 5.78 Å². The molecule has 1 aromatic rings. The van der Waals surface area contributed by atoms with Crippen LogP contribution in [0.3, 0.4) is 0 Å². The number of para-hydroxylation sites is 1. The van der Waals surface area contributed by atoms with E-state index in [-0.39, 0.29) is 5.78 Å². The molecule has 0 saturated heterocycles. The minimum absolute atomic E-state index is 0.238. The topological polar surface area (TPSA) is 37.3 Å². The molecule has 0 aliphatic rings. The number of phenols is 1. The molecule has 1 aromatic carbocycles. The van der Waals surface area contributed by atoms with E-state index < -0.39 is 0 Å². The molecule has 2 heteroatoms. The molecular weight excluding hydrogens is 176 g/mol. The zero-order valence-corrected chi connectivity index (χ0v) is 8.49. The van der Waals surface area contributed by atoms with Crippen LogP contribution in [-0.4, -0.2) is 10.9 Å². The fraction of sp³-hybridized carbons (Fsp3) is 0.417. The molecule has 0 aromatic heterocycles. The van der Waals surface area contributed by atoms with Crippen molar-refractivity contribution in [2.24, 2.45) is 0 Å². The van der Waals surface area contributed by atoms with E-state index in [9.17, 15) is 9.90 Å². The fourth-order valence-electron chi connectivity index (χ4n) is 1.41. The number of aromatic hydroxyl groups is 1. The van der Waals surface area contributed by atoms with Crippen LogP contribution >= 0.6 is 0 Å². The number of hydrogen-bond acceptors (Lipinski definition) is 2. The molecule has 0 spiro atoms. The second kappa shape index (κ2) is 5.43. The van der Waals surface area contributed by atoms with Gasteiger partial charge in [0.1, 0.15) is 11.5 Å². The molecule has 76 valence electrons. The minimum atomic E-state index is 0.238. The molecule has 0 amide bonds. The van der Waals surface area contributed by atoms with E-state index in [0.717, 1.165) is 24.8 Å². The lowest BCUT2D eigenvalue weighted by Crippen LogP contribution is -1.91. The summed E-state index contributed by atoms with van der Waals surface area (Å²) in [5.41, 5.74) is 0.969. The first-order valence-electron chi connectivity index (χ1n) is 4.96. The third kappa shape index (κ3) is 3.60. The molecule has 1 N–H and O–H groups in total. The number of carbonyl (C=O) groups is 1. The molecule has 0 aliphatic heterocycles. The van der Waals surface area contributed by atoms with Gasteiger partial charge in [0.05, 0.1) is 0 Å². The summed E-state index contributed by atoms with van der Waals surface area (Å²) < 4.78 is 0. The van der Waals surface area contributed by atoms with E-state index in [1.165, 1.54) is 0 Å². The van der Waals surface area contributed by atoms with E-state index in [4.69, 9.17) is 0 Å². The summed E-state index contributed by atoms with van der Waals surface area (Å²) in [4.78, 5) is 10.7. The average Bonchev–Trinajstić information content (AvgIpc) is 2.15. The maximum absolute atomic E-state index is 10.7. The highest BCUT2D eigenvalue weighted by atomic mass is 16.3. The number of carbonyl (C=O) groups excluding carboxylic acids is 1. The van der Waals surface area contributed by atoms with E-state index >= 15 is 0 Å². The lowest BCUT2D eigenvalue weighted by atomic mass is 10.1. The largest absolute Gasteiger partial charge is 0.508 e.